The van der Waals surface area contributed by atoms with E-state index in [9.17, 15) is 4.79 Å². The molecule has 1 amide bonds. The van der Waals surface area contributed by atoms with Gasteiger partial charge < -0.3 is 16.0 Å². The van der Waals surface area contributed by atoms with Crippen LogP contribution in [-0.4, -0.2) is 25.0 Å². The fourth-order valence-corrected chi connectivity index (χ4v) is 1.63. The van der Waals surface area contributed by atoms with E-state index in [0.717, 1.165) is 30.3 Å². The molecule has 0 aliphatic heterocycles. The lowest BCUT2D eigenvalue weighted by Crippen LogP contribution is -2.36. The Morgan fingerprint density at radius 1 is 1.20 bits per heavy atom. The van der Waals surface area contributed by atoms with Gasteiger partial charge in [-0.25, -0.2) is 4.99 Å². The molecule has 0 saturated heterocycles. The van der Waals surface area contributed by atoms with Crippen LogP contribution in [0.5, 0.6) is 0 Å². The van der Waals surface area contributed by atoms with Crippen molar-refractivity contribution in [3.8, 4) is 0 Å². The van der Waals surface area contributed by atoms with Crippen molar-refractivity contribution in [2.75, 3.05) is 18.4 Å². The lowest BCUT2D eigenvalue weighted by Gasteiger charge is -2.09. The van der Waals surface area contributed by atoms with Gasteiger partial charge in [-0.05, 0) is 31.5 Å². The molecule has 0 aliphatic carbocycles. The molecule has 0 aromatic heterocycles. The van der Waals surface area contributed by atoms with Crippen LogP contribution < -0.4 is 16.0 Å². The minimum Gasteiger partial charge on any atom is -0.357 e. The maximum Gasteiger partial charge on any atom is 0.221 e. The molecule has 0 saturated carbocycles. The van der Waals surface area contributed by atoms with Crippen LogP contribution >= 0.6 is 24.0 Å². The van der Waals surface area contributed by atoms with Gasteiger partial charge >= 0.3 is 0 Å². The van der Waals surface area contributed by atoms with Crippen LogP contribution in [0.3, 0.4) is 0 Å². The zero-order chi connectivity index (χ0) is 14.1. The number of hydrogen-bond acceptors (Lipinski definition) is 2. The first-order chi connectivity index (χ1) is 9.15. The van der Waals surface area contributed by atoms with E-state index in [1.165, 1.54) is 6.92 Å². The van der Waals surface area contributed by atoms with E-state index in [0.29, 0.717) is 6.54 Å². The summed E-state index contributed by atoms with van der Waals surface area (Å²) < 4.78 is 0. The maximum atomic E-state index is 11.0. The average molecular weight is 390 g/mol. The smallest absolute Gasteiger partial charge is 0.221 e. The molecule has 0 spiro atoms. The Balaban J connectivity index is 0.00000361. The van der Waals surface area contributed by atoms with Crippen LogP contribution in [0.1, 0.15) is 26.3 Å². The SMILES string of the molecule is CCNC(=NCc1cccc(NC(C)=O)c1)NCC.I. The third kappa shape index (κ3) is 7.32. The van der Waals surface area contributed by atoms with Crippen molar-refractivity contribution in [2.45, 2.75) is 27.3 Å². The highest BCUT2D eigenvalue weighted by atomic mass is 127. The van der Waals surface area contributed by atoms with Crippen molar-refractivity contribution in [2.24, 2.45) is 4.99 Å². The van der Waals surface area contributed by atoms with E-state index < -0.39 is 0 Å². The molecule has 0 aliphatic rings. The Kier molecular flexibility index (Phi) is 9.79. The molecular weight excluding hydrogens is 367 g/mol. The summed E-state index contributed by atoms with van der Waals surface area (Å²) in [7, 11) is 0. The Morgan fingerprint density at radius 2 is 1.85 bits per heavy atom. The second kappa shape index (κ2) is 10.5. The number of anilines is 1. The quantitative estimate of drug-likeness (QED) is 0.411. The molecule has 1 rings (SSSR count). The highest BCUT2D eigenvalue weighted by molar-refractivity contribution is 14.0. The molecule has 1 aromatic carbocycles. The molecule has 3 N–H and O–H groups in total. The number of guanidine groups is 1. The minimum atomic E-state index is -0.0679. The second-order valence-electron chi connectivity index (χ2n) is 4.11. The standard InChI is InChI=1S/C14H22N4O.HI/c1-4-15-14(16-5-2)17-10-12-7-6-8-13(9-12)18-11(3)19;/h6-9H,4-5,10H2,1-3H3,(H,18,19)(H2,15,16,17);1H. The molecule has 6 heteroatoms. The van der Waals surface area contributed by atoms with Gasteiger partial charge in [-0.1, -0.05) is 12.1 Å². The van der Waals surface area contributed by atoms with Crippen LogP contribution in [0.4, 0.5) is 5.69 Å². The van der Waals surface area contributed by atoms with Crippen molar-refractivity contribution in [1.82, 2.24) is 10.6 Å². The number of carbonyl (C=O) groups is 1. The first-order valence-electron chi connectivity index (χ1n) is 6.54. The Bertz CT molecular complexity index is 441. The molecular formula is C14H23IN4O. The third-order valence-corrected chi connectivity index (χ3v) is 2.36. The number of rotatable bonds is 5. The van der Waals surface area contributed by atoms with Crippen LogP contribution in [-0.2, 0) is 11.3 Å². The number of benzene rings is 1. The molecule has 0 heterocycles. The zero-order valence-corrected chi connectivity index (χ0v) is 14.5. The summed E-state index contributed by atoms with van der Waals surface area (Å²) in [6.07, 6.45) is 0. The van der Waals surface area contributed by atoms with Crippen molar-refractivity contribution in [1.29, 1.82) is 0 Å². The summed E-state index contributed by atoms with van der Waals surface area (Å²) >= 11 is 0. The summed E-state index contributed by atoms with van der Waals surface area (Å²) in [6, 6.07) is 7.70. The van der Waals surface area contributed by atoms with E-state index in [1.807, 2.05) is 38.1 Å². The maximum absolute atomic E-state index is 11.0. The van der Waals surface area contributed by atoms with Gasteiger partial charge in [0.1, 0.15) is 0 Å². The van der Waals surface area contributed by atoms with Gasteiger partial charge in [0.15, 0.2) is 5.96 Å². The number of hydrogen-bond donors (Lipinski definition) is 3. The molecule has 1 aromatic rings. The van der Waals surface area contributed by atoms with Crippen LogP contribution in [0, 0.1) is 0 Å². The fourth-order valence-electron chi connectivity index (χ4n) is 1.63. The van der Waals surface area contributed by atoms with E-state index in [-0.39, 0.29) is 29.9 Å². The van der Waals surface area contributed by atoms with Gasteiger partial charge in [0, 0.05) is 25.7 Å². The van der Waals surface area contributed by atoms with Crippen LogP contribution in [0.15, 0.2) is 29.3 Å². The first kappa shape index (κ1) is 18.7. The van der Waals surface area contributed by atoms with Crippen molar-refractivity contribution >= 4 is 41.5 Å². The summed E-state index contributed by atoms with van der Waals surface area (Å²) in [5.41, 5.74) is 1.85. The number of nitrogens with zero attached hydrogens (tertiary/aromatic N) is 1. The largest absolute Gasteiger partial charge is 0.357 e. The van der Waals surface area contributed by atoms with Gasteiger partial charge in [-0.3, -0.25) is 4.79 Å². The third-order valence-electron chi connectivity index (χ3n) is 2.36. The summed E-state index contributed by atoms with van der Waals surface area (Å²) in [6.45, 7) is 7.80. The highest BCUT2D eigenvalue weighted by Gasteiger charge is 1.99. The van der Waals surface area contributed by atoms with E-state index in [4.69, 9.17) is 0 Å². The van der Waals surface area contributed by atoms with Crippen molar-refractivity contribution in [3.05, 3.63) is 29.8 Å². The number of nitrogens with one attached hydrogen (secondary N) is 3. The highest BCUT2D eigenvalue weighted by Crippen LogP contribution is 2.11. The van der Waals surface area contributed by atoms with E-state index in [2.05, 4.69) is 20.9 Å². The van der Waals surface area contributed by atoms with Gasteiger partial charge in [0.2, 0.25) is 5.91 Å². The van der Waals surface area contributed by atoms with Gasteiger partial charge in [0.25, 0.3) is 0 Å². The molecule has 20 heavy (non-hydrogen) atoms. The lowest BCUT2D eigenvalue weighted by molar-refractivity contribution is -0.114. The molecule has 112 valence electrons. The lowest BCUT2D eigenvalue weighted by atomic mass is 10.2. The number of aliphatic imine (C=N–C) groups is 1. The zero-order valence-electron chi connectivity index (χ0n) is 12.2. The number of amides is 1. The Labute approximate surface area is 137 Å². The van der Waals surface area contributed by atoms with E-state index >= 15 is 0 Å². The Morgan fingerprint density at radius 3 is 2.40 bits per heavy atom. The molecule has 0 fully saturated rings. The second-order valence-corrected chi connectivity index (χ2v) is 4.11. The summed E-state index contributed by atoms with van der Waals surface area (Å²) in [4.78, 5) is 15.5. The minimum absolute atomic E-state index is 0. The molecule has 5 nitrogen and oxygen atoms in total. The molecule has 0 unspecified atom stereocenters. The first-order valence-corrected chi connectivity index (χ1v) is 6.54. The number of carbonyl (C=O) groups excluding carboxylic acids is 1. The van der Waals surface area contributed by atoms with Gasteiger partial charge in [-0.15, -0.1) is 24.0 Å². The normalized spacial score (nSPS) is 9.15. The predicted octanol–water partition coefficient (Wildman–Crippen LogP) is 2.34. The van der Waals surface area contributed by atoms with E-state index in [1.54, 1.807) is 0 Å². The van der Waals surface area contributed by atoms with Crippen LogP contribution in [0.2, 0.25) is 0 Å². The monoisotopic (exact) mass is 390 g/mol. The van der Waals surface area contributed by atoms with Gasteiger partial charge in [0.05, 0.1) is 6.54 Å². The summed E-state index contributed by atoms with van der Waals surface area (Å²) in [5.74, 6) is 0.733. The average Bonchev–Trinajstić information content (AvgIpc) is 2.36. The van der Waals surface area contributed by atoms with Crippen LogP contribution in [0.25, 0.3) is 0 Å². The number of halogens is 1. The predicted molar refractivity (Wildman–Crippen MR) is 94.7 cm³/mol. The fraction of sp³-hybridized carbons (Fsp3) is 0.429. The van der Waals surface area contributed by atoms with Crippen molar-refractivity contribution in [3.63, 3.8) is 0 Å². The molecule has 0 bridgehead atoms. The van der Waals surface area contributed by atoms with Crippen molar-refractivity contribution < 1.29 is 4.79 Å². The van der Waals surface area contributed by atoms with Gasteiger partial charge in [-0.2, -0.15) is 0 Å². The molecule has 0 atom stereocenters. The summed E-state index contributed by atoms with van der Waals surface area (Å²) in [5, 5.41) is 9.10. The topological polar surface area (TPSA) is 65.5 Å². The molecule has 0 radical (unpaired) electrons. The Hall–Kier alpha value is -1.31.